The van der Waals surface area contributed by atoms with Gasteiger partial charge in [0.1, 0.15) is 11.3 Å². The van der Waals surface area contributed by atoms with Crippen molar-refractivity contribution >= 4 is 23.1 Å². The molecule has 0 spiro atoms. The number of aromatic nitrogens is 4. The first-order valence-electron chi connectivity index (χ1n) is 9.37. The minimum atomic E-state index is -1.06. The van der Waals surface area contributed by atoms with Gasteiger partial charge in [-0.3, -0.25) is 0 Å². The number of halogens is 2. The number of rotatable bonds is 2. The lowest BCUT2D eigenvalue weighted by Crippen LogP contribution is -2.40. The van der Waals surface area contributed by atoms with E-state index in [9.17, 15) is 13.6 Å². The monoisotopic (exact) mass is 412 g/mol. The molecule has 4 rings (SSSR count). The molecule has 0 aliphatic carbocycles. The zero-order valence-corrected chi connectivity index (χ0v) is 15.9. The topological polar surface area (TPSA) is 110 Å². The molecule has 3 aromatic rings. The van der Waals surface area contributed by atoms with E-state index in [1.165, 1.54) is 12.4 Å². The molecule has 1 amide bonds. The van der Waals surface area contributed by atoms with Crippen LogP contribution in [0.15, 0.2) is 24.5 Å². The van der Waals surface area contributed by atoms with Crippen LogP contribution in [-0.4, -0.2) is 44.0 Å². The SMILES string of the molecule is Nc1nc(C#CCC2CCN(C(=O)Oc3ccc(F)c(F)c3)CC2)nc2nc[nH]c12. The molecule has 0 bridgehead atoms. The molecule has 0 atom stereocenters. The average molecular weight is 412 g/mol. The maximum atomic E-state index is 13.2. The second-order valence-electron chi connectivity index (χ2n) is 6.91. The van der Waals surface area contributed by atoms with E-state index in [0.29, 0.717) is 48.2 Å². The highest BCUT2D eigenvalue weighted by molar-refractivity contribution is 5.81. The van der Waals surface area contributed by atoms with Gasteiger partial charge in [0, 0.05) is 25.6 Å². The Morgan fingerprint density at radius 3 is 2.83 bits per heavy atom. The van der Waals surface area contributed by atoms with Crippen molar-refractivity contribution in [2.45, 2.75) is 19.3 Å². The lowest BCUT2D eigenvalue weighted by atomic mass is 9.94. The molecule has 1 aliphatic rings. The van der Waals surface area contributed by atoms with Crippen molar-refractivity contribution < 1.29 is 18.3 Å². The summed E-state index contributed by atoms with van der Waals surface area (Å²) in [7, 11) is 0. The maximum absolute atomic E-state index is 13.2. The molecule has 0 radical (unpaired) electrons. The lowest BCUT2D eigenvalue weighted by Gasteiger charge is -2.30. The number of ether oxygens (including phenoxy) is 1. The number of imidazole rings is 1. The van der Waals surface area contributed by atoms with E-state index in [4.69, 9.17) is 10.5 Å². The molecule has 1 saturated heterocycles. The highest BCUT2D eigenvalue weighted by atomic mass is 19.2. The van der Waals surface area contributed by atoms with E-state index in [1.807, 2.05) is 0 Å². The molecule has 0 saturated carbocycles. The number of nitrogens with two attached hydrogens (primary N) is 1. The molecule has 2 aromatic heterocycles. The number of benzene rings is 1. The van der Waals surface area contributed by atoms with Gasteiger partial charge >= 0.3 is 6.09 Å². The number of nitrogens with zero attached hydrogens (tertiary/aromatic N) is 4. The Balaban J connectivity index is 1.29. The van der Waals surface area contributed by atoms with Crippen molar-refractivity contribution in [3.8, 4) is 17.6 Å². The largest absolute Gasteiger partial charge is 0.415 e. The molecule has 1 aromatic carbocycles. The summed E-state index contributed by atoms with van der Waals surface area (Å²) >= 11 is 0. The van der Waals surface area contributed by atoms with Gasteiger partial charge in [0.05, 0.1) is 6.33 Å². The van der Waals surface area contributed by atoms with Crippen LogP contribution in [0.1, 0.15) is 25.1 Å². The molecule has 10 heteroatoms. The van der Waals surface area contributed by atoms with Crippen LogP contribution < -0.4 is 10.5 Å². The Labute approximate surface area is 170 Å². The number of carbonyl (C=O) groups is 1. The van der Waals surface area contributed by atoms with Crippen LogP contribution in [0.4, 0.5) is 19.4 Å². The molecular formula is C20H18F2N6O2. The molecular weight excluding hydrogens is 394 g/mol. The Hall–Kier alpha value is -3.74. The van der Waals surface area contributed by atoms with Gasteiger partial charge in [0.2, 0.25) is 5.82 Å². The fraction of sp³-hybridized carbons (Fsp3) is 0.300. The first-order chi connectivity index (χ1) is 14.5. The van der Waals surface area contributed by atoms with Crippen molar-refractivity contribution in [3.63, 3.8) is 0 Å². The van der Waals surface area contributed by atoms with Gasteiger partial charge in [-0.2, -0.15) is 4.98 Å². The van der Waals surface area contributed by atoms with Crippen molar-refractivity contribution in [1.82, 2.24) is 24.8 Å². The first-order valence-corrected chi connectivity index (χ1v) is 9.37. The van der Waals surface area contributed by atoms with Crippen LogP contribution in [0.25, 0.3) is 11.2 Å². The Kier molecular flexibility index (Phi) is 5.43. The van der Waals surface area contributed by atoms with Crippen LogP contribution in [0.2, 0.25) is 0 Å². The van der Waals surface area contributed by atoms with Crippen LogP contribution in [0.5, 0.6) is 5.75 Å². The highest BCUT2D eigenvalue weighted by Gasteiger charge is 2.24. The third kappa shape index (κ3) is 4.30. The summed E-state index contributed by atoms with van der Waals surface area (Å²) in [6.45, 7) is 0.995. The lowest BCUT2D eigenvalue weighted by molar-refractivity contribution is 0.131. The van der Waals surface area contributed by atoms with Crippen LogP contribution >= 0.6 is 0 Å². The smallest absolute Gasteiger partial charge is 0.410 e. The van der Waals surface area contributed by atoms with Gasteiger partial charge in [0.25, 0.3) is 0 Å². The molecule has 8 nitrogen and oxygen atoms in total. The summed E-state index contributed by atoms with van der Waals surface area (Å²) in [4.78, 5) is 29.1. The van der Waals surface area contributed by atoms with E-state index in [-0.39, 0.29) is 5.75 Å². The Morgan fingerprint density at radius 1 is 1.27 bits per heavy atom. The summed E-state index contributed by atoms with van der Waals surface area (Å²) in [5.74, 6) is 4.84. The summed E-state index contributed by atoms with van der Waals surface area (Å²) in [6.07, 6.45) is 3.06. The number of aromatic amines is 1. The second-order valence-corrected chi connectivity index (χ2v) is 6.91. The fourth-order valence-electron chi connectivity index (χ4n) is 3.21. The van der Waals surface area contributed by atoms with Crippen molar-refractivity contribution in [3.05, 3.63) is 42.0 Å². The third-order valence-electron chi connectivity index (χ3n) is 4.87. The number of amides is 1. The quantitative estimate of drug-likeness (QED) is 0.627. The van der Waals surface area contributed by atoms with Gasteiger partial charge in [0.15, 0.2) is 23.1 Å². The standard InChI is InChI=1S/C20H18F2N6O2/c21-14-5-4-13(10-15(14)22)30-20(29)28-8-6-12(7-9-28)2-1-3-16-26-18(23)17-19(27-16)25-11-24-17/h4-5,10-12H,2,6-9H2,(H3,23,24,25,26,27). The molecule has 154 valence electrons. The number of piperidine rings is 1. The summed E-state index contributed by atoms with van der Waals surface area (Å²) < 4.78 is 31.3. The van der Waals surface area contributed by atoms with Gasteiger partial charge in [-0.1, -0.05) is 5.92 Å². The van der Waals surface area contributed by atoms with Crippen LogP contribution in [-0.2, 0) is 0 Å². The van der Waals surface area contributed by atoms with Crippen LogP contribution in [0.3, 0.4) is 0 Å². The number of carbonyl (C=O) groups excluding carboxylic acids is 1. The maximum Gasteiger partial charge on any atom is 0.415 e. The molecule has 0 unspecified atom stereocenters. The molecule has 3 heterocycles. The van der Waals surface area contributed by atoms with E-state index >= 15 is 0 Å². The number of likely N-dealkylation sites (tertiary alicyclic amines) is 1. The zero-order chi connectivity index (χ0) is 21.1. The predicted octanol–water partition coefficient (Wildman–Crippen LogP) is 2.87. The van der Waals surface area contributed by atoms with E-state index in [0.717, 1.165) is 25.0 Å². The number of H-pyrrole nitrogens is 1. The normalized spacial score (nSPS) is 14.4. The number of nitrogens with one attached hydrogen (secondary N) is 1. The zero-order valence-electron chi connectivity index (χ0n) is 15.9. The number of fused-ring (bicyclic) bond motifs is 1. The van der Waals surface area contributed by atoms with Gasteiger partial charge in [-0.05, 0) is 36.8 Å². The molecule has 30 heavy (non-hydrogen) atoms. The van der Waals surface area contributed by atoms with E-state index < -0.39 is 17.7 Å². The van der Waals surface area contributed by atoms with Gasteiger partial charge in [-0.15, -0.1) is 0 Å². The number of nitrogen functional groups attached to an aromatic ring is 1. The number of hydrogen-bond donors (Lipinski definition) is 2. The van der Waals surface area contributed by atoms with E-state index in [2.05, 4.69) is 31.8 Å². The molecule has 1 fully saturated rings. The van der Waals surface area contributed by atoms with Crippen molar-refractivity contribution in [1.29, 1.82) is 0 Å². The van der Waals surface area contributed by atoms with Crippen molar-refractivity contribution in [2.75, 3.05) is 18.8 Å². The van der Waals surface area contributed by atoms with Gasteiger partial charge in [-0.25, -0.2) is 23.5 Å². The minimum Gasteiger partial charge on any atom is -0.410 e. The predicted molar refractivity (Wildman–Crippen MR) is 104 cm³/mol. The average Bonchev–Trinajstić information content (AvgIpc) is 3.20. The summed E-state index contributed by atoms with van der Waals surface area (Å²) in [5, 5.41) is 0. The molecule has 1 aliphatic heterocycles. The molecule has 3 N–H and O–H groups in total. The Morgan fingerprint density at radius 2 is 2.07 bits per heavy atom. The summed E-state index contributed by atoms with van der Waals surface area (Å²) in [6, 6.07) is 2.99. The highest BCUT2D eigenvalue weighted by Crippen LogP contribution is 2.22. The number of hydrogen-bond acceptors (Lipinski definition) is 6. The van der Waals surface area contributed by atoms with E-state index in [1.54, 1.807) is 4.90 Å². The third-order valence-corrected chi connectivity index (χ3v) is 4.87. The van der Waals surface area contributed by atoms with Crippen LogP contribution in [0, 0.1) is 29.4 Å². The van der Waals surface area contributed by atoms with Gasteiger partial charge < -0.3 is 20.4 Å². The fourth-order valence-corrected chi connectivity index (χ4v) is 3.21. The number of anilines is 1. The summed E-state index contributed by atoms with van der Waals surface area (Å²) in [5.41, 5.74) is 6.91. The Bertz CT molecular complexity index is 1150. The minimum absolute atomic E-state index is 0.0277. The first kappa shape index (κ1) is 19.6. The second kappa shape index (κ2) is 8.32. The van der Waals surface area contributed by atoms with Crippen molar-refractivity contribution in [2.24, 2.45) is 5.92 Å².